The van der Waals surface area contributed by atoms with Crippen LogP contribution in [0.25, 0.3) is 10.2 Å². The fraction of sp³-hybridized carbons (Fsp3) is 0.208. The number of benzene rings is 2. The van der Waals surface area contributed by atoms with Crippen molar-refractivity contribution in [3.05, 3.63) is 88.4 Å². The third kappa shape index (κ3) is 4.96. The second-order valence-electron chi connectivity index (χ2n) is 7.33. The van der Waals surface area contributed by atoms with Crippen molar-refractivity contribution in [2.24, 2.45) is 0 Å². The maximum absolute atomic E-state index is 12.9. The molecular formula is C24H21F3N2O2S. The first-order valence-electron chi connectivity index (χ1n) is 10.0. The van der Waals surface area contributed by atoms with E-state index in [4.69, 9.17) is 4.74 Å². The molecule has 4 aromatic rings. The van der Waals surface area contributed by atoms with E-state index < -0.39 is 11.7 Å². The molecule has 0 spiro atoms. The van der Waals surface area contributed by atoms with Crippen LogP contribution in [0.2, 0.25) is 0 Å². The highest BCUT2D eigenvalue weighted by atomic mass is 32.1. The summed E-state index contributed by atoms with van der Waals surface area (Å²) in [6.45, 7) is 2.83. The first-order valence-corrected chi connectivity index (χ1v) is 10.8. The summed E-state index contributed by atoms with van der Waals surface area (Å²) >= 11 is 1.59. The molecule has 0 fully saturated rings. The lowest BCUT2D eigenvalue weighted by Gasteiger charge is -2.13. The average molecular weight is 459 g/mol. The molecule has 0 unspecified atom stereocenters. The van der Waals surface area contributed by atoms with Gasteiger partial charge >= 0.3 is 6.18 Å². The van der Waals surface area contributed by atoms with Crippen LogP contribution in [-0.2, 0) is 19.3 Å². The zero-order valence-corrected chi connectivity index (χ0v) is 18.1. The number of rotatable bonds is 7. The van der Waals surface area contributed by atoms with Gasteiger partial charge in [0.2, 0.25) is 0 Å². The highest BCUT2D eigenvalue weighted by Gasteiger charge is 2.30. The van der Waals surface area contributed by atoms with Gasteiger partial charge in [-0.1, -0.05) is 30.3 Å². The number of ether oxygens (including phenoxy) is 1. The molecule has 0 saturated heterocycles. The molecule has 0 saturated carbocycles. The molecule has 1 N–H and O–H groups in total. The first-order chi connectivity index (χ1) is 15.3. The summed E-state index contributed by atoms with van der Waals surface area (Å²) in [4.78, 5) is 14.0. The zero-order valence-electron chi connectivity index (χ0n) is 17.3. The Balaban J connectivity index is 1.49. The predicted molar refractivity (Wildman–Crippen MR) is 119 cm³/mol. The summed E-state index contributed by atoms with van der Waals surface area (Å²) in [5, 5.41) is 2.74. The number of thiophene rings is 1. The minimum absolute atomic E-state index is 0.00112. The average Bonchev–Trinajstić information content (AvgIpc) is 3.29. The van der Waals surface area contributed by atoms with Gasteiger partial charge in [-0.25, -0.2) is 0 Å². The van der Waals surface area contributed by atoms with Gasteiger partial charge in [0.15, 0.2) is 0 Å². The fourth-order valence-electron chi connectivity index (χ4n) is 3.50. The Bertz CT molecular complexity index is 1230. The summed E-state index contributed by atoms with van der Waals surface area (Å²) < 4.78 is 47.5. The van der Waals surface area contributed by atoms with Crippen LogP contribution >= 0.6 is 11.3 Å². The van der Waals surface area contributed by atoms with E-state index in [9.17, 15) is 18.0 Å². The van der Waals surface area contributed by atoms with Gasteiger partial charge in [0.1, 0.15) is 18.1 Å². The Hall–Kier alpha value is -3.26. The SMILES string of the molecule is Cc1cc2c(cc(C(=O)NCc3cccc(C(F)(F)F)c3)n2CCOc2ccccc2)s1. The van der Waals surface area contributed by atoms with Gasteiger partial charge < -0.3 is 14.6 Å². The zero-order chi connectivity index (χ0) is 22.7. The van der Waals surface area contributed by atoms with E-state index in [1.165, 1.54) is 6.07 Å². The van der Waals surface area contributed by atoms with Crippen LogP contribution in [0.3, 0.4) is 0 Å². The highest BCUT2D eigenvalue weighted by molar-refractivity contribution is 7.19. The molecule has 0 atom stereocenters. The van der Waals surface area contributed by atoms with Gasteiger partial charge in [-0.3, -0.25) is 4.79 Å². The number of carbonyl (C=O) groups excluding carboxylic acids is 1. The lowest BCUT2D eigenvalue weighted by Crippen LogP contribution is -2.26. The number of para-hydroxylation sites is 1. The molecule has 0 aliphatic heterocycles. The van der Waals surface area contributed by atoms with Crippen molar-refractivity contribution in [1.29, 1.82) is 0 Å². The number of fused-ring (bicyclic) bond motifs is 1. The molecule has 8 heteroatoms. The Morgan fingerprint density at radius 3 is 2.59 bits per heavy atom. The fourth-order valence-corrected chi connectivity index (χ4v) is 4.46. The van der Waals surface area contributed by atoms with Gasteiger partial charge in [-0.15, -0.1) is 11.3 Å². The summed E-state index contributed by atoms with van der Waals surface area (Å²) in [5.74, 6) is 0.399. The van der Waals surface area contributed by atoms with Crippen LogP contribution in [-0.4, -0.2) is 17.1 Å². The van der Waals surface area contributed by atoms with Gasteiger partial charge in [-0.05, 0) is 48.9 Å². The Morgan fingerprint density at radius 2 is 1.84 bits per heavy atom. The number of aryl methyl sites for hydroxylation is 1. The molecule has 0 radical (unpaired) electrons. The quantitative estimate of drug-likeness (QED) is 0.367. The van der Waals surface area contributed by atoms with E-state index in [0.717, 1.165) is 33.0 Å². The number of hydrogen-bond acceptors (Lipinski definition) is 3. The highest BCUT2D eigenvalue weighted by Crippen LogP contribution is 2.30. The molecule has 166 valence electrons. The number of halogens is 3. The van der Waals surface area contributed by atoms with Crippen LogP contribution in [0.4, 0.5) is 13.2 Å². The topological polar surface area (TPSA) is 43.3 Å². The summed E-state index contributed by atoms with van der Waals surface area (Å²) in [6.07, 6.45) is -4.42. The molecule has 0 aliphatic carbocycles. The van der Waals surface area contributed by atoms with E-state index in [2.05, 4.69) is 5.32 Å². The van der Waals surface area contributed by atoms with E-state index in [0.29, 0.717) is 24.4 Å². The summed E-state index contributed by atoms with van der Waals surface area (Å²) in [6, 6.07) is 18.2. The number of nitrogens with zero attached hydrogens (tertiary/aromatic N) is 1. The molecule has 2 aromatic heterocycles. The minimum atomic E-state index is -4.42. The lowest BCUT2D eigenvalue weighted by atomic mass is 10.1. The Kier molecular flexibility index (Phi) is 6.23. The van der Waals surface area contributed by atoms with Crippen molar-refractivity contribution in [1.82, 2.24) is 9.88 Å². The molecule has 0 aliphatic rings. The third-order valence-corrected chi connectivity index (χ3v) is 5.97. The molecule has 4 rings (SSSR count). The van der Waals surface area contributed by atoms with E-state index >= 15 is 0 Å². The van der Waals surface area contributed by atoms with Crippen molar-refractivity contribution in [3.63, 3.8) is 0 Å². The van der Waals surface area contributed by atoms with Gasteiger partial charge in [0, 0.05) is 11.4 Å². The maximum Gasteiger partial charge on any atom is 0.416 e. The smallest absolute Gasteiger partial charge is 0.416 e. The van der Waals surface area contributed by atoms with Gasteiger partial charge in [0.05, 0.1) is 22.3 Å². The number of carbonyl (C=O) groups is 1. The van der Waals surface area contributed by atoms with Crippen molar-refractivity contribution in [2.45, 2.75) is 26.2 Å². The third-order valence-electron chi connectivity index (χ3n) is 4.98. The van der Waals surface area contributed by atoms with Crippen LogP contribution in [0.5, 0.6) is 5.75 Å². The normalized spacial score (nSPS) is 11.6. The maximum atomic E-state index is 12.9. The standard InChI is InChI=1S/C24H21F3N2O2S/c1-16-12-20-22(32-16)14-21(29(20)10-11-31-19-8-3-2-4-9-19)23(30)28-15-17-6-5-7-18(13-17)24(25,26)27/h2-9,12-14H,10-11,15H2,1H3,(H,28,30). The number of alkyl halides is 3. The van der Waals surface area contributed by atoms with E-state index in [-0.39, 0.29) is 12.5 Å². The van der Waals surface area contributed by atoms with Crippen LogP contribution < -0.4 is 10.1 Å². The van der Waals surface area contributed by atoms with E-state index in [1.807, 2.05) is 54.0 Å². The lowest BCUT2D eigenvalue weighted by molar-refractivity contribution is -0.137. The molecule has 0 bridgehead atoms. The van der Waals surface area contributed by atoms with Crippen LogP contribution in [0.15, 0.2) is 66.7 Å². The van der Waals surface area contributed by atoms with Crippen LogP contribution in [0, 0.1) is 6.92 Å². The number of aromatic nitrogens is 1. The van der Waals surface area contributed by atoms with Crippen molar-refractivity contribution < 1.29 is 22.7 Å². The van der Waals surface area contributed by atoms with Crippen molar-refractivity contribution >= 4 is 27.5 Å². The van der Waals surface area contributed by atoms with Gasteiger partial charge in [0.25, 0.3) is 5.91 Å². The molecular weight excluding hydrogens is 437 g/mol. The largest absolute Gasteiger partial charge is 0.492 e. The molecule has 1 amide bonds. The Labute approximate surface area is 187 Å². The number of nitrogens with one attached hydrogen (secondary N) is 1. The number of amides is 1. The van der Waals surface area contributed by atoms with E-state index in [1.54, 1.807) is 17.4 Å². The molecule has 2 heterocycles. The van der Waals surface area contributed by atoms with Crippen LogP contribution in [0.1, 0.15) is 26.5 Å². The summed E-state index contributed by atoms with van der Waals surface area (Å²) in [7, 11) is 0. The summed E-state index contributed by atoms with van der Waals surface area (Å²) in [5.41, 5.74) is 1.04. The second kappa shape index (κ2) is 9.08. The molecule has 32 heavy (non-hydrogen) atoms. The molecule has 4 nitrogen and oxygen atoms in total. The number of hydrogen-bond donors (Lipinski definition) is 1. The van der Waals surface area contributed by atoms with Gasteiger partial charge in [-0.2, -0.15) is 13.2 Å². The first kappa shape index (κ1) is 22.0. The monoisotopic (exact) mass is 458 g/mol. The Morgan fingerprint density at radius 1 is 1.06 bits per heavy atom. The predicted octanol–water partition coefficient (Wildman–Crippen LogP) is 6.04. The second-order valence-corrected chi connectivity index (χ2v) is 8.62. The minimum Gasteiger partial charge on any atom is -0.492 e. The molecule has 2 aromatic carbocycles. The van der Waals surface area contributed by atoms with Crippen molar-refractivity contribution in [3.8, 4) is 5.75 Å². The van der Waals surface area contributed by atoms with Crippen molar-refractivity contribution in [2.75, 3.05) is 6.61 Å².